The second-order valence-corrected chi connectivity index (χ2v) is 10.2. The van der Waals surface area contributed by atoms with Crippen molar-refractivity contribution in [2.75, 3.05) is 0 Å². The average molecular weight is 455 g/mol. The van der Waals surface area contributed by atoms with Crippen molar-refractivity contribution < 1.29 is 13.2 Å². The highest BCUT2D eigenvalue weighted by Gasteiger charge is 2.22. The standard InChI is InChI=1S/C30H37F3/c1-2-3-4-5-7-21-10-12-22(13-11-21)14-15-23-16-17-24-19-27(29(32)20-25(24)18-23)26-8-6-9-28(31)30(26)33/h6,8-9,16,19-22H,2-5,7,10-15,17-18H2,1H3. The van der Waals surface area contributed by atoms with Crippen molar-refractivity contribution in [2.45, 2.75) is 90.4 Å². The summed E-state index contributed by atoms with van der Waals surface area (Å²) in [7, 11) is 0. The van der Waals surface area contributed by atoms with E-state index in [1.165, 1.54) is 88.0 Å². The monoisotopic (exact) mass is 454 g/mol. The zero-order valence-electron chi connectivity index (χ0n) is 19.9. The lowest BCUT2D eigenvalue weighted by atomic mass is 9.77. The van der Waals surface area contributed by atoms with Gasteiger partial charge in [-0.15, -0.1) is 0 Å². The topological polar surface area (TPSA) is 0 Å². The number of allylic oxidation sites excluding steroid dienone is 2. The molecule has 4 rings (SSSR count). The van der Waals surface area contributed by atoms with Crippen molar-refractivity contribution >= 4 is 0 Å². The molecule has 0 bridgehead atoms. The van der Waals surface area contributed by atoms with E-state index in [0.29, 0.717) is 0 Å². The summed E-state index contributed by atoms with van der Waals surface area (Å²) in [6.45, 7) is 2.27. The molecule has 2 aliphatic rings. The van der Waals surface area contributed by atoms with E-state index in [9.17, 15) is 13.2 Å². The minimum Gasteiger partial charge on any atom is -0.206 e. The third-order valence-electron chi connectivity index (χ3n) is 7.87. The third-order valence-corrected chi connectivity index (χ3v) is 7.87. The minimum atomic E-state index is -0.987. The van der Waals surface area contributed by atoms with Crippen molar-refractivity contribution in [2.24, 2.45) is 11.8 Å². The molecule has 178 valence electrons. The maximum atomic E-state index is 14.8. The van der Waals surface area contributed by atoms with Crippen LogP contribution in [0.3, 0.4) is 0 Å². The number of hydrogen-bond acceptors (Lipinski definition) is 0. The first kappa shape index (κ1) is 24.1. The van der Waals surface area contributed by atoms with E-state index < -0.39 is 17.5 Å². The van der Waals surface area contributed by atoms with E-state index in [-0.39, 0.29) is 11.1 Å². The Bertz CT molecular complexity index is 967. The van der Waals surface area contributed by atoms with Gasteiger partial charge in [-0.1, -0.05) is 88.5 Å². The molecule has 1 saturated carbocycles. The molecule has 2 aromatic carbocycles. The van der Waals surface area contributed by atoms with Crippen molar-refractivity contribution in [1.29, 1.82) is 0 Å². The Balaban J connectivity index is 1.29. The van der Waals surface area contributed by atoms with Crippen LogP contribution in [0.15, 0.2) is 42.0 Å². The van der Waals surface area contributed by atoms with E-state index in [0.717, 1.165) is 48.3 Å². The lowest BCUT2D eigenvalue weighted by Crippen LogP contribution is -2.15. The molecule has 0 N–H and O–H groups in total. The molecule has 0 aliphatic heterocycles. The molecular weight excluding hydrogens is 417 g/mol. The molecule has 0 heterocycles. The van der Waals surface area contributed by atoms with Crippen molar-refractivity contribution in [3.05, 3.63) is 70.6 Å². The van der Waals surface area contributed by atoms with Gasteiger partial charge < -0.3 is 0 Å². The maximum absolute atomic E-state index is 14.8. The molecule has 33 heavy (non-hydrogen) atoms. The molecule has 0 aromatic heterocycles. The van der Waals surface area contributed by atoms with Crippen LogP contribution in [0.5, 0.6) is 0 Å². The highest BCUT2D eigenvalue weighted by atomic mass is 19.2. The van der Waals surface area contributed by atoms with Gasteiger partial charge in [0, 0.05) is 11.1 Å². The Morgan fingerprint density at radius 1 is 0.788 bits per heavy atom. The van der Waals surface area contributed by atoms with Gasteiger partial charge in [0.05, 0.1) is 0 Å². The van der Waals surface area contributed by atoms with Crippen LogP contribution in [0.4, 0.5) is 13.2 Å². The van der Waals surface area contributed by atoms with E-state index in [1.807, 2.05) is 0 Å². The number of rotatable bonds is 9. The highest BCUT2D eigenvalue weighted by Crippen LogP contribution is 2.37. The van der Waals surface area contributed by atoms with E-state index >= 15 is 0 Å². The maximum Gasteiger partial charge on any atom is 0.166 e. The van der Waals surface area contributed by atoms with Crippen LogP contribution in [0.1, 0.15) is 88.7 Å². The van der Waals surface area contributed by atoms with Crippen molar-refractivity contribution in [1.82, 2.24) is 0 Å². The Kier molecular flexibility index (Phi) is 8.33. The molecule has 0 saturated heterocycles. The molecule has 1 fully saturated rings. The summed E-state index contributed by atoms with van der Waals surface area (Å²) in [5.41, 5.74) is 3.54. The number of hydrogen-bond donors (Lipinski definition) is 0. The summed E-state index contributed by atoms with van der Waals surface area (Å²) in [6, 6.07) is 7.16. The normalized spacial score (nSPS) is 20.4. The summed E-state index contributed by atoms with van der Waals surface area (Å²) in [6.07, 6.45) is 18.5. The van der Waals surface area contributed by atoms with Crippen LogP contribution in [0, 0.1) is 29.3 Å². The number of benzene rings is 2. The largest absolute Gasteiger partial charge is 0.206 e. The van der Waals surface area contributed by atoms with E-state index in [2.05, 4.69) is 13.0 Å². The number of halogens is 3. The summed E-state index contributed by atoms with van der Waals surface area (Å²) in [4.78, 5) is 0. The van der Waals surface area contributed by atoms with Crippen LogP contribution in [-0.2, 0) is 12.8 Å². The Morgan fingerprint density at radius 2 is 1.55 bits per heavy atom. The van der Waals surface area contributed by atoms with Gasteiger partial charge in [-0.2, -0.15) is 0 Å². The van der Waals surface area contributed by atoms with Gasteiger partial charge in [-0.05, 0) is 66.8 Å². The molecule has 2 aliphatic carbocycles. The summed E-state index contributed by atoms with van der Waals surface area (Å²) < 4.78 is 42.7. The third kappa shape index (κ3) is 6.11. The quantitative estimate of drug-likeness (QED) is 0.261. The molecule has 0 amide bonds. The first-order valence-electron chi connectivity index (χ1n) is 13.0. The molecule has 0 nitrogen and oxygen atoms in total. The molecular formula is C30H37F3. The van der Waals surface area contributed by atoms with E-state index in [4.69, 9.17) is 0 Å². The van der Waals surface area contributed by atoms with Crippen LogP contribution < -0.4 is 0 Å². The summed E-state index contributed by atoms with van der Waals surface area (Å²) in [5.74, 6) is -0.638. The fraction of sp³-hybridized carbons (Fsp3) is 0.533. The Morgan fingerprint density at radius 3 is 2.30 bits per heavy atom. The summed E-state index contributed by atoms with van der Waals surface area (Å²) in [5, 5.41) is 0. The number of fused-ring (bicyclic) bond motifs is 1. The van der Waals surface area contributed by atoms with Gasteiger partial charge in [0.15, 0.2) is 11.6 Å². The first-order valence-corrected chi connectivity index (χ1v) is 13.0. The zero-order valence-corrected chi connectivity index (χ0v) is 19.9. The Labute approximate surface area is 197 Å². The van der Waals surface area contributed by atoms with Crippen molar-refractivity contribution in [3.63, 3.8) is 0 Å². The molecule has 3 heteroatoms. The summed E-state index contributed by atoms with van der Waals surface area (Å²) >= 11 is 0. The predicted molar refractivity (Wildman–Crippen MR) is 131 cm³/mol. The Hall–Kier alpha value is -2.03. The lowest BCUT2D eigenvalue weighted by Gasteiger charge is -2.29. The van der Waals surface area contributed by atoms with Gasteiger partial charge in [0.25, 0.3) is 0 Å². The van der Waals surface area contributed by atoms with Gasteiger partial charge in [-0.25, -0.2) is 13.2 Å². The SMILES string of the molecule is CCCCCCC1CCC(CCC2=CCc3cc(-c4cccc(F)c4F)c(F)cc3C2)CC1. The van der Waals surface area contributed by atoms with Crippen molar-refractivity contribution in [3.8, 4) is 11.1 Å². The molecule has 2 aromatic rings. The minimum absolute atomic E-state index is 0.00829. The van der Waals surface area contributed by atoms with Gasteiger partial charge >= 0.3 is 0 Å². The molecule has 0 spiro atoms. The van der Waals surface area contributed by atoms with E-state index in [1.54, 1.807) is 6.07 Å². The van der Waals surface area contributed by atoms with Gasteiger partial charge in [-0.3, -0.25) is 0 Å². The second-order valence-electron chi connectivity index (χ2n) is 10.2. The fourth-order valence-electron chi connectivity index (χ4n) is 5.75. The molecule has 0 radical (unpaired) electrons. The second kappa shape index (κ2) is 11.4. The predicted octanol–water partition coefficient (Wildman–Crippen LogP) is 9.35. The van der Waals surface area contributed by atoms with Crippen LogP contribution in [-0.4, -0.2) is 0 Å². The van der Waals surface area contributed by atoms with Crippen LogP contribution >= 0.6 is 0 Å². The van der Waals surface area contributed by atoms with Gasteiger partial charge in [0.1, 0.15) is 5.82 Å². The molecule has 0 unspecified atom stereocenters. The van der Waals surface area contributed by atoms with Crippen LogP contribution in [0.25, 0.3) is 11.1 Å². The highest BCUT2D eigenvalue weighted by molar-refractivity contribution is 5.67. The zero-order chi connectivity index (χ0) is 23.2. The molecule has 0 atom stereocenters. The smallest absolute Gasteiger partial charge is 0.166 e. The number of unbranched alkanes of at least 4 members (excludes halogenated alkanes) is 3. The van der Waals surface area contributed by atoms with Gasteiger partial charge in [0.2, 0.25) is 0 Å². The first-order chi connectivity index (χ1) is 16.0. The van der Waals surface area contributed by atoms with Crippen LogP contribution in [0.2, 0.25) is 0 Å². The fourth-order valence-corrected chi connectivity index (χ4v) is 5.75. The lowest BCUT2D eigenvalue weighted by molar-refractivity contribution is 0.248. The average Bonchev–Trinajstić information content (AvgIpc) is 2.82.